The fourth-order valence-corrected chi connectivity index (χ4v) is 8.30. The SMILES string of the molecule is C/C=C1/CN2[C@@H]3C[C@@H]1[C@]1(C(=O)OC)C(OC(C)=O)[C@]4(C[C@H]21)c1ccccc1N(C)[C@H]34. The molecule has 158 valence electrons. The minimum atomic E-state index is -0.857. The lowest BCUT2D eigenvalue weighted by atomic mass is 9.58. The average molecular weight is 408 g/mol. The molecule has 8 atom stereocenters. The lowest BCUT2D eigenvalue weighted by Gasteiger charge is -2.61. The summed E-state index contributed by atoms with van der Waals surface area (Å²) in [5.41, 5.74) is 2.43. The third kappa shape index (κ3) is 1.71. The molecule has 1 aromatic carbocycles. The number of likely N-dealkylation sites (N-methyl/N-ethyl adjacent to an activating group) is 1. The van der Waals surface area contributed by atoms with Gasteiger partial charge in [0.2, 0.25) is 0 Å². The molecule has 30 heavy (non-hydrogen) atoms. The number of hydrogen-bond acceptors (Lipinski definition) is 6. The second-order valence-corrected chi connectivity index (χ2v) is 9.64. The topological polar surface area (TPSA) is 59.1 Å². The predicted octanol–water partition coefficient (Wildman–Crippen LogP) is 2.27. The Morgan fingerprint density at radius 1 is 1.27 bits per heavy atom. The van der Waals surface area contributed by atoms with Crippen molar-refractivity contribution in [2.24, 2.45) is 11.3 Å². The van der Waals surface area contributed by atoms with Gasteiger partial charge in [-0.1, -0.05) is 29.8 Å². The van der Waals surface area contributed by atoms with Crippen LogP contribution in [0.2, 0.25) is 0 Å². The molecule has 1 spiro atoms. The number of fused-ring (bicyclic) bond motifs is 2. The van der Waals surface area contributed by atoms with Crippen LogP contribution in [0, 0.1) is 11.3 Å². The molecule has 5 heterocycles. The Kier molecular flexibility index (Phi) is 3.48. The Labute approximate surface area is 176 Å². The van der Waals surface area contributed by atoms with Gasteiger partial charge < -0.3 is 14.4 Å². The van der Waals surface area contributed by atoms with Gasteiger partial charge in [0.05, 0.1) is 18.6 Å². The maximum atomic E-state index is 13.7. The van der Waals surface area contributed by atoms with Crippen LogP contribution in [-0.2, 0) is 24.5 Å². The summed E-state index contributed by atoms with van der Waals surface area (Å²) in [6, 6.07) is 8.99. The molecule has 0 radical (unpaired) electrons. The van der Waals surface area contributed by atoms with E-state index in [1.807, 2.05) is 0 Å². The van der Waals surface area contributed by atoms with Gasteiger partial charge in [-0.3, -0.25) is 14.5 Å². The zero-order chi connectivity index (χ0) is 21.0. The number of benzene rings is 1. The quantitative estimate of drug-likeness (QED) is 0.553. The van der Waals surface area contributed by atoms with Gasteiger partial charge in [-0.05, 0) is 31.4 Å². The Morgan fingerprint density at radius 3 is 2.73 bits per heavy atom. The minimum Gasteiger partial charge on any atom is -0.468 e. The van der Waals surface area contributed by atoms with Crippen LogP contribution < -0.4 is 4.90 Å². The molecule has 0 N–H and O–H groups in total. The molecule has 6 heteroatoms. The number of anilines is 1. The fourth-order valence-electron chi connectivity index (χ4n) is 8.30. The molecular formula is C24H28N2O4. The van der Waals surface area contributed by atoms with Crippen molar-refractivity contribution >= 4 is 17.6 Å². The molecular weight excluding hydrogens is 380 g/mol. The molecule has 0 amide bonds. The van der Waals surface area contributed by atoms with Crippen LogP contribution in [0.5, 0.6) is 0 Å². The maximum absolute atomic E-state index is 13.7. The van der Waals surface area contributed by atoms with Crippen LogP contribution in [-0.4, -0.2) is 61.8 Å². The van der Waals surface area contributed by atoms with Crippen molar-refractivity contribution in [2.45, 2.75) is 56.3 Å². The third-order valence-electron chi connectivity index (χ3n) is 8.97. The largest absolute Gasteiger partial charge is 0.468 e. The number of para-hydroxylation sites is 1. The van der Waals surface area contributed by atoms with E-state index in [1.54, 1.807) is 0 Å². The fraction of sp³-hybridized carbons (Fsp3) is 0.583. The van der Waals surface area contributed by atoms with Crippen molar-refractivity contribution in [3.8, 4) is 0 Å². The molecule has 1 saturated carbocycles. The van der Waals surface area contributed by atoms with E-state index in [4.69, 9.17) is 9.47 Å². The van der Waals surface area contributed by atoms with Gasteiger partial charge in [0, 0.05) is 44.2 Å². The van der Waals surface area contributed by atoms with E-state index in [9.17, 15) is 9.59 Å². The van der Waals surface area contributed by atoms with Gasteiger partial charge in [-0.2, -0.15) is 0 Å². The summed E-state index contributed by atoms with van der Waals surface area (Å²) in [5, 5.41) is 0. The summed E-state index contributed by atoms with van der Waals surface area (Å²) >= 11 is 0. The lowest BCUT2D eigenvalue weighted by molar-refractivity contribution is -0.187. The van der Waals surface area contributed by atoms with Gasteiger partial charge in [0.15, 0.2) is 0 Å². The van der Waals surface area contributed by atoms with Crippen LogP contribution in [0.3, 0.4) is 0 Å². The summed E-state index contributed by atoms with van der Waals surface area (Å²) in [6.45, 7) is 4.40. The van der Waals surface area contributed by atoms with Gasteiger partial charge in [0.25, 0.3) is 0 Å². The van der Waals surface area contributed by atoms with Crippen molar-refractivity contribution in [1.29, 1.82) is 0 Å². The highest BCUT2D eigenvalue weighted by Crippen LogP contribution is 2.73. The molecule has 4 saturated heterocycles. The first-order chi connectivity index (χ1) is 14.4. The van der Waals surface area contributed by atoms with E-state index in [-0.39, 0.29) is 29.9 Å². The normalized spacial score (nSPS) is 45.5. The van der Waals surface area contributed by atoms with Crippen molar-refractivity contribution in [3.05, 3.63) is 41.5 Å². The molecule has 5 bridgehead atoms. The molecule has 7 rings (SSSR count). The van der Waals surface area contributed by atoms with E-state index in [0.29, 0.717) is 6.04 Å². The molecule has 0 aromatic heterocycles. The number of nitrogens with zero attached hydrogens (tertiary/aromatic N) is 2. The number of hydrogen-bond donors (Lipinski definition) is 0. The zero-order valence-corrected chi connectivity index (χ0v) is 17.9. The van der Waals surface area contributed by atoms with Crippen molar-refractivity contribution < 1.29 is 19.1 Å². The van der Waals surface area contributed by atoms with E-state index in [1.165, 1.54) is 30.9 Å². The van der Waals surface area contributed by atoms with Crippen molar-refractivity contribution in [1.82, 2.24) is 4.90 Å². The Hall–Kier alpha value is -2.34. The van der Waals surface area contributed by atoms with E-state index in [2.05, 4.69) is 54.1 Å². The van der Waals surface area contributed by atoms with E-state index < -0.39 is 16.9 Å². The van der Waals surface area contributed by atoms with Crippen molar-refractivity contribution in [3.63, 3.8) is 0 Å². The molecule has 5 fully saturated rings. The van der Waals surface area contributed by atoms with Crippen LogP contribution in [0.25, 0.3) is 0 Å². The highest BCUT2D eigenvalue weighted by atomic mass is 16.6. The number of esters is 2. The van der Waals surface area contributed by atoms with Crippen LogP contribution in [0.15, 0.2) is 35.9 Å². The Bertz CT molecular complexity index is 1000. The van der Waals surface area contributed by atoms with Crippen LogP contribution in [0.1, 0.15) is 32.3 Å². The van der Waals surface area contributed by atoms with Gasteiger partial charge in [0.1, 0.15) is 11.5 Å². The molecule has 6 nitrogen and oxygen atoms in total. The average Bonchev–Trinajstić information content (AvgIpc) is 3.14. The second-order valence-electron chi connectivity index (χ2n) is 9.64. The smallest absolute Gasteiger partial charge is 0.317 e. The number of methoxy groups -OCH3 is 1. The first-order valence-corrected chi connectivity index (χ1v) is 10.9. The number of ether oxygens (including phenoxy) is 2. The monoisotopic (exact) mass is 408 g/mol. The first kappa shape index (κ1) is 18.4. The summed E-state index contributed by atoms with van der Waals surface area (Å²) in [4.78, 5) is 31.0. The number of carbonyl (C=O) groups is 2. The summed E-state index contributed by atoms with van der Waals surface area (Å²) in [6.07, 6.45) is 3.33. The summed E-state index contributed by atoms with van der Waals surface area (Å²) < 4.78 is 11.7. The molecule has 1 aromatic rings. The second kappa shape index (κ2) is 5.67. The van der Waals surface area contributed by atoms with E-state index >= 15 is 0 Å². The highest BCUT2D eigenvalue weighted by Gasteiger charge is 2.84. The van der Waals surface area contributed by atoms with E-state index in [0.717, 1.165) is 19.4 Å². The zero-order valence-electron chi connectivity index (χ0n) is 17.9. The van der Waals surface area contributed by atoms with Crippen LogP contribution >= 0.6 is 0 Å². The van der Waals surface area contributed by atoms with Crippen LogP contribution in [0.4, 0.5) is 5.69 Å². The molecule has 6 aliphatic rings. The Balaban J connectivity index is 1.69. The lowest BCUT2D eigenvalue weighted by Crippen LogP contribution is -2.71. The van der Waals surface area contributed by atoms with Gasteiger partial charge in [-0.15, -0.1) is 0 Å². The molecule has 1 aliphatic carbocycles. The maximum Gasteiger partial charge on any atom is 0.317 e. The van der Waals surface area contributed by atoms with Crippen molar-refractivity contribution in [2.75, 3.05) is 25.6 Å². The number of piperidine rings is 4. The predicted molar refractivity (Wildman–Crippen MR) is 111 cm³/mol. The highest BCUT2D eigenvalue weighted by molar-refractivity contribution is 5.85. The standard InChI is InChI=1S/C24H28N2O4/c1-5-14-12-26-18-10-16(14)24(22(28)29-4)19(26)11-23(21(24)30-13(2)27)15-8-6-7-9-17(15)25(3)20(18)23/h5-9,16,18-21H,10-12H2,1-4H3/b14-5-/t16-,18+,19-,20+,21?,23+,24+/m0/s1. The van der Waals surface area contributed by atoms with Gasteiger partial charge >= 0.3 is 11.9 Å². The Morgan fingerprint density at radius 2 is 2.03 bits per heavy atom. The molecule has 2 unspecified atom stereocenters. The number of carbonyl (C=O) groups excluding carboxylic acids is 2. The minimum absolute atomic E-state index is 0.0255. The summed E-state index contributed by atoms with van der Waals surface area (Å²) in [5.74, 6) is -0.506. The number of allylic oxidation sites excluding steroid dienone is 1. The van der Waals surface area contributed by atoms with Gasteiger partial charge in [-0.25, -0.2) is 0 Å². The third-order valence-corrected chi connectivity index (χ3v) is 8.97. The number of rotatable bonds is 2. The molecule has 5 aliphatic heterocycles. The first-order valence-electron chi connectivity index (χ1n) is 10.9. The summed E-state index contributed by atoms with van der Waals surface area (Å²) in [7, 11) is 3.63.